The van der Waals surface area contributed by atoms with Crippen LogP contribution in [0.25, 0.3) is 0 Å². The molecule has 1 aliphatic rings. The Morgan fingerprint density at radius 3 is 2.56 bits per heavy atom. The van der Waals surface area contributed by atoms with Crippen molar-refractivity contribution in [2.45, 2.75) is 43.2 Å². The molecule has 7 nitrogen and oxygen atoms in total. The first-order valence-corrected chi connectivity index (χ1v) is 11.7. The molecule has 0 spiro atoms. The first-order chi connectivity index (χ1) is 15.4. The summed E-state index contributed by atoms with van der Waals surface area (Å²) in [4.78, 5) is 40.9. The van der Waals surface area contributed by atoms with E-state index in [1.807, 2.05) is 42.5 Å². The number of benzene rings is 2. The maximum absolute atomic E-state index is 13.4. The normalized spacial score (nSPS) is 16.6. The van der Waals surface area contributed by atoms with E-state index in [9.17, 15) is 14.4 Å². The first kappa shape index (κ1) is 23.7. The lowest BCUT2D eigenvalue weighted by Crippen LogP contribution is -2.54. The van der Waals surface area contributed by atoms with Crippen molar-refractivity contribution in [3.63, 3.8) is 0 Å². The van der Waals surface area contributed by atoms with Crippen LogP contribution >= 0.6 is 11.8 Å². The Morgan fingerprint density at radius 1 is 1.16 bits per heavy atom. The number of fused-ring (bicyclic) bond motifs is 1. The Hall–Kier alpha value is -3.00. The molecule has 8 heteroatoms. The average Bonchev–Trinajstić information content (AvgIpc) is 2.93. The number of carboxylic acid groups (broad SMARTS) is 1. The minimum Gasteiger partial charge on any atom is -0.465 e. The lowest BCUT2D eigenvalue weighted by molar-refractivity contribution is -0.129. The van der Waals surface area contributed by atoms with E-state index in [2.05, 4.69) is 17.4 Å². The van der Waals surface area contributed by atoms with Crippen molar-refractivity contribution in [2.75, 3.05) is 24.2 Å². The van der Waals surface area contributed by atoms with Crippen LogP contribution in [0.15, 0.2) is 59.5 Å². The Balaban J connectivity index is 1.69. The van der Waals surface area contributed by atoms with Crippen molar-refractivity contribution >= 4 is 35.4 Å². The number of hydrogen-bond donors (Lipinski definition) is 2. The quantitative estimate of drug-likeness (QED) is 0.594. The lowest BCUT2D eigenvalue weighted by atomic mass is 10.1. The molecule has 0 saturated heterocycles. The monoisotopic (exact) mass is 455 g/mol. The molecule has 3 rings (SSSR count). The van der Waals surface area contributed by atoms with E-state index in [1.165, 1.54) is 31.3 Å². The van der Waals surface area contributed by atoms with Gasteiger partial charge in [-0.2, -0.15) is 0 Å². The van der Waals surface area contributed by atoms with E-state index in [4.69, 9.17) is 5.11 Å². The van der Waals surface area contributed by atoms with Crippen LogP contribution in [-0.2, 0) is 16.0 Å². The molecule has 0 aliphatic carbocycles. The summed E-state index contributed by atoms with van der Waals surface area (Å²) in [6.07, 6.45) is 1.53. The third kappa shape index (κ3) is 5.82. The number of thioether (sulfide) groups is 1. The number of para-hydroxylation sites is 1. The van der Waals surface area contributed by atoms with Crippen LogP contribution < -0.4 is 10.2 Å². The Morgan fingerprint density at radius 2 is 1.84 bits per heavy atom. The molecule has 0 saturated carbocycles. The average molecular weight is 456 g/mol. The summed E-state index contributed by atoms with van der Waals surface area (Å²) in [6.45, 7) is 2.06. The van der Waals surface area contributed by atoms with Gasteiger partial charge in [0.2, 0.25) is 11.8 Å². The second-order valence-electron chi connectivity index (χ2n) is 7.84. The lowest BCUT2D eigenvalue weighted by Gasteiger charge is -2.27. The van der Waals surface area contributed by atoms with Gasteiger partial charge in [0, 0.05) is 24.2 Å². The molecular formula is C24H29N3O4S. The fraction of sp³-hybridized carbons (Fsp3) is 0.375. The molecule has 2 N–H and O–H groups in total. The second kappa shape index (κ2) is 11.0. The van der Waals surface area contributed by atoms with Gasteiger partial charge in [0.25, 0.3) is 0 Å². The summed E-state index contributed by atoms with van der Waals surface area (Å²) in [5.74, 6) is -0.254. The van der Waals surface area contributed by atoms with Gasteiger partial charge < -0.3 is 15.3 Å². The van der Waals surface area contributed by atoms with Crippen LogP contribution in [0.4, 0.5) is 10.5 Å². The fourth-order valence-electron chi connectivity index (χ4n) is 3.57. The summed E-state index contributed by atoms with van der Waals surface area (Å²) in [6, 6.07) is 16.4. The van der Waals surface area contributed by atoms with Gasteiger partial charge in [-0.05, 0) is 43.9 Å². The predicted octanol–water partition coefficient (Wildman–Crippen LogP) is 3.63. The van der Waals surface area contributed by atoms with Gasteiger partial charge in [0.1, 0.15) is 12.1 Å². The molecule has 32 heavy (non-hydrogen) atoms. The SMILES string of the molecule is C[C@@H](C(=O)NC1CSc2ccccc2N(CCCCc2ccccc2)C1=O)N(C)C(=O)O. The summed E-state index contributed by atoms with van der Waals surface area (Å²) >= 11 is 1.52. The number of aryl methyl sites for hydroxylation is 1. The Bertz CT molecular complexity index is 953. The molecule has 0 radical (unpaired) electrons. The van der Waals surface area contributed by atoms with Crippen LogP contribution in [-0.4, -0.2) is 59.3 Å². The molecule has 170 valence electrons. The van der Waals surface area contributed by atoms with Crippen molar-refractivity contribution in [2.24, 2.45) is 0 Å². The van der Waals surface area contributed by atoms with Gasteiger partial charge in [0.05, 0.1) is 5.69 Å². The van der Waals surface area contributed by atoms with Gasteiger partial charge in [-0.25, -0.2) is 4.79 Å². The molecule has 0 fully saturated rings. The number of hydrogen-bond acceptors (Lipinski definition) is 4. The Kier molecular flexibility index (Phi) is 8.16. The molecular weight excluding hydrogens is 426 g/mol. The molecule has 3 amide bonds. The van der Waals surface area contributed by atoms with Crippen LogP contribution in [0, 0.1) is 0 Å². The number of amides is 3. The van der Waals surface area contributed by atoms with Gasteiger partial charge in [0.15, 0.2) is 0 Å². The summed E-state index contributed by atoms with van der Waals surface area (Å²) in [7, 11) is 1.34. The summed E-state index contributed by atoms with van der Waals surface area (Å²) in [5, 5.41) is 11.9. The van der Waals surface area contributed by atoms with Crippen LogP contribution in [0.2, 0.25) is 0 Å². The van der Waals surface area contributed by atoms with Crippen molar-refractivity contribution < 1.29 is 19.5 Å². The first-order valence-electron chi connectivity index (χ1n) is 10.7. The van der Waals surface area contributed by atoms with E-state index < -0.39 is 24.1 Å². The van der Waals surface area contributed by atoms with E-state index >= 15 is 0 Å². The van der Waals surface area contributed by atoms with Crippen LogP contribution in [0.1, 0.15) is 25.3 Å². The number of nitrogens with one attached hydrogen (secondary N) is 1. The summed E-state index contributed by atoms with van der Waals surface area (Å²) < 4.78 is 0. The number of nitrogens with zero attached hydrogens (tertiary/aromatic N) is 2. The zero-order chi connectivity index (χ0) is 23.1. The molecule has 2 aromatic carbocycles. The zero-order valence-electron chi connectivity index (χ0n) is 18.4. The van der Waals surface area contributed by atoms with Gasteiger partial charge in [-0.15, -0.1) is 11.8 Å². The minimum atomic E-state index is -1.19. The maximum Gasteiger partial charge on any atom is 0.407 e. The molecule has 2 aromatic rings. The highest BCUT2D eigenvalue weighted by Gasteiger charge is 2.33. The molecule has 1 heterocycles. The Labute approximate surface area is 192 Å². The van der Waals surface area contributed by atoms with E-state index in [0.717, 1.165) is 34.7 Å². The number of anilines is 1. The summed E-state index contributed by atoms with van der Waals surface area (Å²) in [5.41, 5.74) is 2.13. The van der Waals surface area contributed by atoms with Crippen molar-refractivity contribution in [3.05, 3.63) is 60.2 Å². The van der Waals surface area contributed by atoms with E-state index in [-0.39, 0.29) is 5.91 Å². The topological polar surface area (TPSA) is 90.0 Å². The molecule has 0 bridgehead atoms. The van der Waals surface area contributed by atoms with E-state index in [1.54, 1.807) is 4.90 Å². The van der Waals surface area contributed by atoms with Gasteiger partial charge in [-0.3, -0.25) is 14.5 Å². The van der Waals surface area contributed by atoms with Crippen molar-refractivity contribution in [1.82, 2.24) is 10.2 Å². The number of carbonyl (C=O) groups is 3. The number of unbranched alkanes of at least 4 members (excludes halogenated alkanes) is 1. The highest BCUT2D eigenvalue weighted by Crippen LogP contribution is 2.34. The van der Waals surface area contributed by atoms with E-state index in [0.29, 0.717) is 12.3 Å². The number of carbonyl (C=O) groups excluding carboxylic acids is 2. The smallest absolute Gasteiger partial charge is 0.407 e. The van der Waals surface area contributed by atoms with Crippen molar-refractivity contribution in [1.29, 1.82) is 0 Å². The maximum atomic E-state index is 13.4. The third-order valence-corrected chi connectivity index (χ3v) is 6.80. The van der Waals surface area contributed by atoms with Crippen molar-refractivity contribution in [3.8, 4) is 0 Å². The highest BCUT2D eigenvalue weighted by molar-refractivity contribution is 7.99. The molecule has 1 unspecified atom stereocenters. The standard InChI is InChI=1S/C24H29N3O4S/c1-17(26(2)24(30)31)22(28)25-19-16-32-21-14-7-6-13-20(21)27(23(19)29)15-9-8-12-18-10-4-3-5-11-18/h3-7,10-11,13-14,17,19H,8-9,12,15-16H2,1-2H3,(H,25,28)(H,30,31)/t17-,19?/m0/s1. The predicted molar refractivity (Wildman–Crippen MR) is 126 cm³/mol. The van der Waals surface area contributed by atoms with Gasteiger partial charge in [-0.1, -0.05) is 42.5 Å². The number of likely N-dealkylation sites (N-methyl/N-ethyl adjacent to an activating group) is 1. The number of rotatable bonds is 8. The molecule has 2 atom stereocenters. The van der Waals surface area contributed by atoms with Crippen LogP contribution in [0.5, 0.6) is 0 Å². The van der Waals surface area contributed by atoms with Gasteiger partial charge >= 0.3 is 6.09 Å². The minimum absolute atomic E-state index is 0.166. The largest absolute Gasteiger partial charge is 0.465 e. The zero-order valence-corrected chi connectivity index (χ0v) is 19.2. The highest BCUT2D eigenvalue weighted by atomic mass is 32.2. The second-order valence-corrected chi connectivity index (χ2v) is 8.90. The third-order valence-electron chi connectivity index (χ3n) is 5.64. The molecule has 0 aromatic heterocycles. The molecule has 1 aliphatic heterocycles. The van der Waals surface area contributed by atoms with Crippen LogP contribution in [0.3, 0.4) is 0 Å². The fourth-order valence-corrected chi connectivity index (χ4v) is 4.64.